The fraction of sp³-hybridized carbons (Fsp3) is 0.545. The average molecular weight is 292 g/mol. The van der Waals surface area contributed by atoms with Crippen molar-refractivity contribution in [2.75, 3.05) is 0 Å². The first kappa shape index (κ1) is 14.3. The molecule has 6 atom stereocenters. The molecule has 0 N–H and O–H groups in total. The van der Waals surface area contributed by atoms with E-state index in [1.807, 2.05) is 0 Å². The van der Waals surface area contributed by atoms with Crippen molar-refractivity contribution in [1.29, 1.82) is 0 Å². The number of rotatable bonds is 2. The summed E-state index contributed by atoms with van der Waals surface area (Å²) >= 11 is 0. The van der Waals surface area contributed by atoms with E-state index in [-0.39, 0.29) is 0 Å². The molecule has 116 valence electrons. The first-order valence-corrected chi connectivity index (χ1v) is 9.05. The highest BCUT2D eigenvalue weighted by Crippen LogP contribution is 2.65. The Balaban J connectivity index is 1.94. The summed E-state index contributed by atoms with van der Waals surface area (Å²) in [6, 6.07) is 9.33. The van der Waals surface area contributed by atoms with Crippen molar-refractivity contribution in [2.45, 2.75) is 39.5 Å². The van der Waals surface area contributed by atoms with E-state index in [0.29, 0.717) is 23.7 Å². The van der Waals surface area contributed by atoms with Crippen LogP contribution >= 0.6 is 0 Å². The van der Waals surface area contributed by atoms with Gasteiger partial charge in [0.05, 0.1) is 0 Å². The molecule has 0 aromatic heterocycles. The van der Waals surface area contributed by atoms with Crippen LogP contribution in [0.3, 0.4) is 0 Å². The fourth-order valence-electron chi connectivity index (χ4n) is 6.02. The van der Waals surface area contributed by atoms with Crippen molar-refractivity contribution in [3.8, 4) is 0 Å². The standard InChI is InChI=1S/C22H28/c1-13(2)19-20(14(3)4)22-17-11-7-5-9-15(17)21(19)16-10-6-8-12-18(16)22/h5-15,17,19-22H,1-4H3. The van der Waals surface area contributed by atoms with E-state index in [9.17, 15) is 0 Å². The van der Waals surface area contributed by atoms with Crippen LogP contribution in [0.5, 0.6) is 0 Å². The second kappa shape index (κ2) is 5.11. The minimum Gasteiger partial charge on any atom is -0.0802 e. The van der Waals surface area contributed by atoms with Crippen molar-refractivity contribution in [3.63, 3.8) is 0 Å². The van der Waals surface area contributed by atoms with Crippen molar-refractivity contribution >= 4 is 0 Å². The van der Waals surface area contributed by atoms with Gasteiger partial charge in [-0.05, 0) is 58.5 Å². The molecule has 0 heteroatoms. The fourth-order valence-corrected chi connectivity index (χ4v) is 6.02. The summed E-state index contributed by atoms with van der Waals surface area (Å²) in [6.45, 7) is 9.78. The van der Waals surface area contributed by atoms with Gasteiger partial charge < -0.3 is 0 Å². The SMILES string of the molecule is CC(C)C1C2c3ccccc3C(C3C=CC=CC32)C1C(C)C. The minimum absolute atomic E-state index is 0.708. The maximum Gasteiger partial charge on any atom is -0.00564 e. The van der Waals surface area contributed by atoms with Crippen LogP contribution in [-0.4, -0.2) is 0 Å². The number of fused-ring (bicyclic) bond motifs is 1. The highest BCUT2D eigenvalue weighted by atomic mass is 14.6. The van der Waals surface area contributed by atoms with Crippen molar-refractivity contribution in [2.24, 2.45) is 35.5 Å². The van der Waals surface area contributed by atoms with Crippen molar-refractivity contribution in [1.82, 2.24) is 0 Å². The van der Waals surface area contributed by atoms with Gasteiger partial charge in [-0.1, -0.05) is 76.3 Å². The summed E-state index contributed by atoms with van der Waals surface area (Å²) in [5.74, 6) is 6.00. The molecule has 4 aliphatic carbocycles. The molecule has 0 saturated heterocycles. The van der Waals surface area contributed by atoms with Crippen molar-refractivity contribution < 1.29 is 0 Å². The summed E-state index contributed by atoms with van der Waals surface area (Å²) in [6.07, 6.45) is 9.58. The van der Waals surface area contributed by atoms with Crippen LogP contribution in [0, 0.1) is 35.5 Å². The largest absolute Gasteiger partial charge is 0.0802 e. The predicted octanol–water partition coefficient (Wildman–Crippen LogP) is 5.78. The lowest BCUT2D eigenvalue weighted by atomic mass is 9.44. The van der Waals surface area contributed by atoms with Gasteiger partial charge >= 0.3 is 0 Å². The van der Waals surface area contributed by atoms with Gasteiger partial charge in [0.25, 0.3) is 0 Å². The molecule has 2 bridgehead atoms. The molecule has 0 aliphatic heterocycles. The topological polar surface area (TPSA) is 0 Å². The van der Waals surface area contributed by atoms with Gasteiger partial charge in [0.1, 0.15) is 0 Å². The minimum atomic E-state index is 0.708. The molecule has 0 heterocycles. The zero-order chi connectivity index (χ0) is 15.4. The van der Waals surface area contributed by atoms with E-state index in [2.05, 4.69) is 76.3 Å². The molecule has 6 unspecified atom stereocenters. The first-order chi connectivity index (χ1) is 10.6. The van der Waals surface area contributed by atoms with Crippen LogP contribution in [0.1, 0.15) is 50.7 Å². The zero-order valence-electron chi connectivity index (χ0n) is 14.2. The van der Waals surface area contributed by atoms with Crippen molar-refractivity contribution in [3.05, 3.63) is 59.7 Å². The van der Waals surface area contributed by atoms with Crippen LogP contribution in [0.2, 0.25) is 0 Å². The van der Waals surface area contributed by atoms with E-state index in [0.717, 1.165) is 23.7 Å². The normalized spacial score (nSPS) is 38.5. The Morgan fingerprint density at radius 3 is 1.45 bits per heavy atom. The molecule has 1 aromatic carbocycles. The highest BCUT2D eigenvalue weighted by molar-refractivity contribution is 5.45. The number of hydrogen-bond acceptors (Lipinski definition) is 0. The van der Waals surface area contributed by atoms with Crippen LogP contribution < -0.4 is 0 Å². The Bertz CT molecular complexity index is 564. The van der Waals surface area contributed by atoms with E-state index in [4.69, 9.17) is 0 Å². The third-order valence-electron chi connectivity index (χ3n) is 6.58. The Hall–Kier alpha value is -1.30. The molecule has 4 aliphatic rings. The molecule has 22 heavy (non-hydrogen) atoms. The Morgan fingerprint density at radius 2 is 1.09 bits per heavy atom. The Kier molecular flexibility index (Phi) is 3.33. The van der Waals surface area contributed by atoms with E-state index < -0.39 is 0 Å². The number of hydrogen-bond donors (Lipinski definition) is 0. The summed E-state index contributed by atoms with van der Waals surface area (Å²) in [7, 11) is 0. The molecule has 0 amide bonds. The summed E-state index contributed by atoms with van der Waals surface area (Å²) < 4.78 is 0. The predicted molar refractivity (Wildman–Crippen MR) is 93.8 cm³/mol. The van der Waals surface area contributed by atoms with Gasteiger partial charge in [0.2, 0.25) is 0 Å². The lowest BCUT2D eigenvalue weighted by Crippen LogP contribution is -2.51. The average Bonchev–Trinajstić information content (AvgIpc) is 2.53. The molecule has 5 rings (SSSR count). The molecular formula is C22H28. The van der Waals surface area contributed by atoms with Gasteiger partial charge in [-0.2, -0.15) is 0 Å². The van der Waals surface area contributed by atoms with Gasteiger partial charge in [-0.25, -0.2) is 0 Å². The molecular weight excluding hydrogens is 264 g/mol. The van der Waals surface area contributed by atoms with Gasteiger partial charge in [-0.3, -0.25) is 0 Å². The quantitative estimate of drug-likeness (QED) is 0.647. The molecule has 0 radical (unpaired) electrons. The van der Waals surface area contributed by atoms with Gasteiger partial charge in [0, 0.05) is 0 Å². The molecule has 0 spiro atoms. The summed E-state index contributed by atoms with van der Waals surface area (Å²) in [4.78, 5) is 0. The van der Waals surface area contributed by atoms with Crippen LogP contribution in [-0.2, 0) is 0 Å². The lowest BCUT2D eigenvalue weighted by molar-refractivity contribution is 0.0190. The van der Waals surface area contributed by atoms with Crippen LogP contribution in [0.15, 0.2) is 48.6 Å². The summed E-state index contributed by atoms with van der Waals surface area (Å²) in [5, 5.41) is 0. The smallest absolute Gasteiger partial charge is 0.00564 e. The Morgan fingerprint density at radius 1 is 0.682 bits per heavy atom. The zero-order valence-corrected chi connectivity index (χ0v) is 14.2. The maximum atomic E-state index is 2.50. The number of allylic oxidation sites excluding steroid dienone is 4. The highest BCUT2D eigenvalue weighted by Gasteiger charge is 2.56. The molecule has 0 nitrogen and oxygen atoms in total. The number of benzene rings is 1. The van der Waals surface area contributed by atoms with E-state index >= 15 is 0 Å². The molecule has 1 saturated carbocycles. The monoisotopic (exact) mass is 292 g/mol. The van der Waals surface area contributed by atoms with Gasteiger partial charge in [0.15, 0.2) is 0 Å². The second-order valence-corrected chi connectivity index (χ2v) is 8.25. The van der Waals surface area contributed by atoms with Crippen LogP contribution in [0.4, 0.5) is 0 Å². The Labute approximate surface area is 135 Å². The first-order valence-electron chi connectivity index (χ1n) is 9.05. The summed E-state index contributed by atoms with van der Waals surface area (Å²) in [5.41, 5.74) is 3.31. The second-order valence-electron chi connectivity index (χ2n) is 8.25. The van der Waals surface area contributed by atoms with E-state index in [1.54, 1.807) is 11.1 Å². The molecule has 1 aromatic rings. The maximum absolute atomic E-state index is 2.50. The lowest BCUT2D eigenvalue weighted by Gasteiger charge is -2.59. The third-order valence-corrected chi connectivity index (χ3v) is 6.58. The molecule has 1 fully saturated rings. The van der Waals surface area contributed by atoms with Gasteiger partial charge in [-0.15, -0.1) is 0 Å². The van der Waals surface area contributed by atoms with Crippen LogP contribution in [0.25, 0.3) is 0 Å². The van der Waals surface area contributed by atoms with E-state index in [1.165, 1.54) is 0 Å². The third kappa shape index (κ3) is 1.82.